The quantitative estimate of drug-likeness (QED) is 0.616. The van der Waals surface area contributed by atoms with Crippen LogP contribution in [0, 0.1) is 5.92 Å². The van der Waals surface area contributed by atoms with Crippen molar-refractivity contribution in [1.82, 2.24) is 20.0 Å². The molecule has 3 aromatic rings. The fourth-order valence-electron chi connectivity index (χ4n) is 5.01. The third-order valence-electron chi connectivity index (χ3n) is 6.84. The van der Waals surface area contributed by atoms with Crippen LogP contribution in [0.15, 0.2) is 60.7 Å². The Balaban J connectivity index is 1.40. The normalized spacial score (nSPS) is 16.3. The first-order chi connectivity index (χ1) is 16.2. The van der Waals surface area contributed by atoms with Gasteiger partial charge in [-0.3, -0.25) is 4.79 Å². The SMILES string of the molecule is O=C(NCc1ccccc1)N1CCc2c(c(-c3ccccc3)nn2C(=O)C2CCCCC2)C1. The van der Waals surface area contributed by atoms with Gasteiger partial charge < -0.3 is 10.2 Å². The van der Waals surface area contributed by atoms with Gasteiger partial charge in [0.25, 0.3) is 0 Å². The second kappa shape index (κ2) is 9.61. The van der Waals surface area contributed by atoms with Crippen LogP contribution in [-0.4, -0.2) is 33.2 Å². The molecule has 0 saturated heterocycles. The van der Waals surface area contributed by atoms with Crippen LogP contribution in [0.5, 0.6) is 0 Å². The molecule has 33 heavy (non-hydrogen) atoms. The second-order valence-electron chi connectivity index (χ2n) is 9.04. The van der Waals surface area contributed by atoms with Crippen LogP contribution in [0.2, 0.25) is 0 Å². The lowest BCUT2D eigenvalue weighted by molar-refractivity contribution is 0.0779. The monoisotopic (exact) mass is 442 g/mol. The van der Waals surface area contributed by atoms with E-state index in [1.165, 1.54) is 6.42 Å². The predicted octanol–water partition coefficient (Wildman–Crippen LogP) is 5.04. The number of aromatic nitrogens is 2. The van der Waals surface area contributed by atoms with Crippen LogP contribution in [-0.2, 0) is 19.5 Å². The smallest absolute Gasteiger partial charge is 0.317 e. The number of nitrogens with one attached hydrogen (secondary N) is 1. The molecule has 1 saturated carbocycles. The molecule has 0 spiro atoms. The van der Waals surface area contributed by atoms with Crippen molar-refractivity contribution in [1.29, 1.82) is 0 Å². The molecular weight excluding hydrogens is 412 g/mol. The van der Waals surface area contributed by atoms with Crippen LogP contribution >= 0.6 is 0 Å². The van der Waals surface area contributed by atoms with E-state index in [0.717, 1.165) is 53.8 Å². The Labute approximate surface area is 194 Å². The number of nitrogens with zero attached hydrogens (tertiary/aromatic N) is 3. The van der Waals surface area contributed by atoms with Crippen LogP contribution in [0.4, 0.5) is 4.79 Å². The number of fused-ring (bicyclic) bond motifs is 1. The zero-order valence-corrected chi connectivity index (χ0v) is 18.9. The fraction of sp³-hybridized carbons (Fsp3) is 0.370. The summed E-state index contributed by atoms with van der Waals surface area (Å²) in [4.78, 5) is 28.2. The topological polar surface area (TPSA) is 67.2 Å². The van der Waals surface area contributed by atoms with Gasteiger partial charge in [0.1, 0.15) is 0 Å². The van der Waals surface area contributed by atoms with E-state index in [-0.39, 0.29) is 17.9 Å². The van der Waals surface area contributed by atoms with E-state index in [2.05, 4.69) is 5.32 Å². The molecule has 0 bridgehead atoms. The van der Waals surface area contributed by atoms with Gasteiger partial charge in [0.2, 0.25) is 5.91 Å². The van der Waals surface area contributed by atoms with Gasteiger partial charge in [0.15, 0.2) is 0 Å². The lowest BCUT2D eigenvalue weighted by Gasteiger charge is -2.28. The molecule has 5 rings (SSSR count). The van der Waals surface area contributed by atoms with E-state index in [0.29, 0.717) is 26.1 Å². The lowest BCUT2D eigenvalue weighted by atomic mass is 9.88. The Morgan fingerprint density at radius 3 is 2.36 bits per heavy atom. The summed E-state index contributed by atoms with van der Waals surface area (Å²) in [5.74, 6) is 0.175. The summed E-state index contributed by atoms with van der Waals surface area (Å²) in [7, 11) is 0. The van der Waals surface area contributed by atoms with Gasteiger partial charge >= 0.3 is 6.03 Å². The molecule has 1 aliphatic carbocycles. The Bertz CT molecular complexity index is 1120. The summed E-state index contributed by atoms with van der Waals surface area (Å²) in [6.45, 7) is 1.53. The molecule has 2 heterocycles. The Morgan fingerprint density at radius 2 is 1.64 bits per heavy atom. The zero-order valence-electron chi connectivity index (χ0n) is 18.9. The maximum absolute atomic E-state index is 13.4. The summed E-state index contributed by atoms with van der Waals surface area (Å²) in [5.41, 5.74) is 4.83. The summed E-state index contributed by atoms with van der Waals surface area (Å²) in [6.07, 6.45) is 5.96. The number of hydrogen-bond acceptors (Lipinski definition) is 3. The van der Waals surface area contributed by atoms with Crippen molar-refractivity contribution < 1.29 is 9.59 Å². The number of rotatable bonds is 4. The minimum atomic E-state index is -0.0881. The van der Waals surface area contributed by atoms with Crippen molar-refractivity contribution in [2.75, 3.05) is 6.54 Å². The third-order valence-corrected chi connectivity index (χ3v) is 6.84. The van der Waals surface area contributed by atoms with Crippen molar-refractivity contribution in [2.24, 2.45) is 5.92 Å². The molecule has 2 aromatic carbocycles. The lowest BCUT2D eigenvalue weighted by Crippen LogP contribution is -2.43. The van der Waals surface area contributed by atoms with E-state index >= 15 is 0 Å². The molecule has 1 N–H and O–H groups in total. The molecule has 6 nitrogen and oxygen atoms in total. The van der Waals surface area contributed by atoms with Crippen LogP contribution in [0.1, 0.15) is 53.7 Å². The van der Waals surface area contributed by atoms with Gasteiger partial charge in [-0.25, -0.2) is 9.48 Å². The highest BCUT2D eigenvalue weighted by atomic mass is 16.2. The van der Waals surface area contributed by atoms with E-state index in [1.54, 1.807) is 4.68 Å². The third kappa shape index (κ3) is 4.56. The molecule has 6 heteroatoms. The molecule has 0 unspecified atom stereocenters. The number of urea groups is 1. The van der Waals surface area contributed by atoms with Gasteiger partial charge in [-0.05, 0) is 18.4 Å². The number of carbonyl (C=O) groups is 2. The van der Waals surface area contributed by atoms with Gasteiger partial charge in [-0.15, -0.1) is 0 Å². The Morgan fingerprint density at radius 1 is 0.939 bits per heavy atom. The van der Waals surface area contributed by atoms with Crippen LogP contribution in [0.25, 0.3) is 11.3 Å². The molecule has 0 radical (unpaired) electrons. The molecule has 2 aliphatic rings. The number of carbonyl (C=O) groups excluding carboxylic acids is 2. The van der Waals surface area contributed by atoms with Gasteiger partial charge in [0, 0.05) is 36.6 Å². The predicted molar refractivity (Wildman–Crippen MR) is 128 cm³/mol. The van der Waals surface area contributed by atoms with Crippen molar-refractivity contribution in [3.63, 3.8) is 0 Å². The molecule has 1 aliphatic heterocycles. The van der Waals surface area contributed by atoms with Crippen molar-refractivity contribution in [3.05, 3.63) is 77.5 Å². The maximum Gasteiger partial charge on any atom is 0.317 e. The highest BCUT2D eigenvalue weighted by Crippen LogP contribution is 2.32. The Kier molecular flexibility index (Phi) is 6.24. The van der Waals surface area contributed by atoms with E-state index in [4.69, 9.17) is 5.10 Å². The first-order valence-corrected chi connectivity index (χ1v) is 12.0. The molecule has 0 atom stereocenters. The maximum atomic E-state index is 13.4. The Hall–Kier alpha value is -3.41. The van der Waals surface area contributed by atoms with Gasteiger partial charge in [-0.1, -0.05) is 79.9 Å². The van der Waals surface area contributed by atoms with Crippen molar-refractivity contribution in [3.8, 4) is 11.3 Å². The van der Waals surface area contributed by atoms with Crippen LogP contribution < -0.4 is 5.32 Å². The molecule has 170 valence electrons. The molecule has 2 amide bonds. The highest BCUT2D eigenvalue weighted by molar-refractivity contribution is 5.83. The molecule has 1 aromatic heterocycles. The second-order valence-corrected chi connectivity index (χ2v) is 9.04. The van der Waals surface area contributed by atoms with E-state index in [1.807, 2.05) is 65.6 Å². The fourth-order valence-corrected chi connectivity index (χ4v) is 5.01. The zero-order chi connectivity index (χ0) is 22.6. The first-order valence-electron chi connectivity index (χ1n) is 12.0. The number of amides is 2. The van der Waals surface area contributed by atoms with Gasteiger partial charge in [0.05, 0.1) is 17.9 Å². The first kappa shape index (κ1) is 21.4. The van der Waals surface area contributed by atoms with Crippen molar-refractivity contribution >= 4 is 11.9 Å². The number of hydrogen-bond donors (Lipinski definition) is 1. The summed E-state index contributed by atoms with van der Waals surface area (Å²) < 4.78 is 1.67. The average molecular weight is 443 g/mol. The largest absolute Gasteiger partial charge is 0.334 e. The molecule has 1 fully saturated rings. The minimum absolute atomic E-state index is 0.0542. The molecular formula is C27H30N4O2. The van der Waals surface area contributed by atoms with Crippen molar-refractivity contribution in [2.45, 2.75) is 51.6 Å². The average Bonchev–Trinajstić information content (AvgIpc) is 3.27. The number of benzene rings is 2. The minimum Gasteiger partial charge on any atom is -0.334 e. The summed E-state index contributed by atoms with van der Waals surface area (Å²) in [5, 5.41) is 7.87. The van der Waals surface area contributed by atoms with Crippen LogP contribution in [0.3, 0.4) is 0 Å². The summed E-state index contributed by atoms with van der Waals surface area (Å²) >= 11 is 0. The highest BCUT2D eigenvalue weighted by Gasteiger charge is 2.32. The van der Waals surface area contributed by atoms with E-state index < -0.39 is 0 Å². The van der Waals surface area contributed by atoms with E-state index in [9.17, 15) is 9.59 Å². The standard InChI is InChI=1S/C27H30N4O2/c32-26(22-14-8-3-9-15-22)31-24-16-17-30(27(33)28-18-20-10-4-1-5-11-20)19-23(24)25(29-31)21-12-6-2-7-13-21/h1-2,4-7,10-13,22H,3,8-9,14-19H2,(H,28,33). The van der Waals surface area contributed by atoms with Gasteiger partial charge in [-0.2, -0.15) is 5.10 Å². The summed E-state index contributed by atoms with van der Waals surface area (Å²) in [6, 6.07) is 19.8.